The molecule has 1 aromatic rings. The van der Waals surface area contributed by atoms with Gasteiger partial charge in [-0.15, -0.1) is 0 Å². The Hall–Kier alpha value is -2.57. The van der Waals surface area contributed by atoms with Crippen LogP contribution in [-0.2, 0) is 9.53 Å². The number of carbonyl (C=O) groups is 1. The predicted molar refractivity (Wildman–Crippen MR) is 83.6 cm³/mol. The third-order valence-electron chi connectivity index (χ3n) is 3.30. The van der Waals surface area contributed by atoms with E-state index in [9.17, 15) is 14.9 Å². The Morgan fingerprint density at radius 2 is 1.91 bits per heavy atom. The molecule has 1 fully saturated rings. The van der Waals surface area contributed by atoms with E-state index in [1.807, 2.05) is 6.92 Å². The molecule has 0 saturated carbocycles. The highest BCUT2D eigenvalue weighted by Crippen LogP contribution is 2.37. The van der Waals surface area contributed by atoms with Crippen molar-refractivity contribution in [1.29, 1.82) is 0 Å². The maximum Gasteiger partial charge on any atom is 0.334 e. The van der Waals surface area contributed by atoms with Gasteiger partial charge in [-0.05, 0) is 32.9 Å². The highest BCUT2D eigenvalue weighted by molar-refractivity contribution is 5.96. The Labute approximate surface area is 134 Å². The van der Waals surface area contributed by atoms with Crippen molar-refractivity contribution < 1.29 is 23.9 Å². The molecule has 1 aliphatic rings. The minimum absolute atomic E-state index is 0.142. The van der Waals surface area contributed by atoms with Crippen molar-refractivity contribution in [3.63, 3.8) is 0 Å². The van der Waals surface area contributed by atoms with Crippen LogP contribution >= 0.6 is 0 Å². The van der Waals surface area contributed by atoms with Gasteiger partial charge >= 0.3 is 5.97 Å². The molecule has 0 bridgehead atoms. The summed E-state index contributed by atoms with van der Waals surface area (Å²) in [7, 11) is 0. The number of rotatable bonds is 6. The van der Waals surface area contributed by atoms with Gasteiger partial charge in [0.1, 0.15) is 6.10 Å². The topological polar surface area (TPSA) is 87.9 Å². The largest absolute Gasteiger partial charge is 0.490 e. The molecule has 1 aromatic carbocycles. The van der Waals surface area contributed by atoms with Crippen LogP contribution in [0.5, 0.6) is 11.5 Å². The Balaban J connectivity index is 2.52. The van der Waals surface area contributed by atoms with E-state index < -0.39 is 10.9 Å². The van der Waals surface area contributed by atoms with Gasteiger partial charge in [-0.1, -0.05) is 0 Å². The van der Waals surface area contributed by atoms with Crippen molar-refractivity contribution in [3.05, 3.63) is 33.4 Å². The minimum atomic E-state index is -0.506. The smallest absolute Gasteiger partial charge is 0.334 e. The second-order valence-corrected chi connectivity index (χ2v) is 5.07. The summed E-state index contributed by atoms with van der Waals surface area (Å²) in [5.41, 5.74) is 0.562. The lowest BCUT2D eigenvalue weighted by Crippen LogP contribution is -2.02. The molecule has 7 heteroatoms. The van der Waals surface area contributed by atoms with Crippen LogP contribution in [0.15, 0.2) is 17.7 Å². The summed E-state index contributed by atoms with van der Waals surface area (Å²) < 4.78 is 15.9. The second kappa shape index (κ2) is 7.13. The Kier molecular flexibility index (Phi) is 5.20. The van der Waals surface area contributed by atoms with Crippen molar-refractivity contribution in [2.24, 2.45) is 0 Å². The molecule has 124 valence electrons. The first-order valence-electron chi connectivity index (χ1n) is 7.45. The van der Waals surface area contributed by atoms with Gasteiger partial charge in [0.25, 0.3) is 5.69 Å². The zero-order valence-corrected chi connectivity index (χ0v) is 13.3. The number of nitro benzene ring substituents is 1. The van der Waals surface area contributed by atoms with E-state index in [1.165, 1.54) is 18.2 Å². The van der Waals surface area contributed by atoms with Crippen molar-refractivity contribution in [2.45, 2.75) is 33.3 Å². The zero-order chi connectivity index (χ0) is 17.0. The molecule has 23 heavy (non-hydrogen) atoms. The summed E-state index contributed by atoms with van der Waals surface area (Å²) in [5.74, 6) is 0.274. The molecule has 2 rings (SSSR count). The van der Waals surface area contributed by atoms with Gasteiger partial charge in [0, 0.05) is 12.0 Å². The van der Waals surface area contributed by atoms with Crippen LogP contribution in [-0.4, -0.2) is 30.2 Å². The molecular weight excluding hydrogens is 302 g/mol. The van der Waals surface area contributed by atoms with Crippen LogP contribution in [0.3, 0.4) is 0 Å². The van der Waals surface area contributed by atoms with Crippen LogP contribution in [0.4, 0.5) is 5.69 Å². The first kappa shape index (κ1) is 16.8. The zero-order valence-electron chi connectivity index (χ0n) is 13.3. The van der Waals surface area contributed by atoms with E-state index >= 15 is 0 Å². The monoisotopic (exact) mass is 321 g/mol. The number of cyclic esters (lactones) is 1. The molecule has 0 aliphatic carbocycles. The summed E-state index contributed by atoms with van der Waals surface area (Å²) in [4.78, 5) is 22.6. The van der Waals surface area contributed by atoms with Crippen LogP contribution < -0.4 is 9.47 Å². The average Bonchev–Trinajstić information content (AvgIpc) is 2.79. The summed E-state index contributed by atoms with van der Waals surface area (Å²) in [6.07, 6.45) is 1.69. The molecule has 1 atom stereocenters. The van der Waals surface area contributed by atoms with Gasteiger partial charge in [-0.2, -0.15) is 0 Å². The predicted octanol–water partition coefficient (Wildman–Crippen LogP) is 3.11. The number of nitrogens with zero attached hydrogens (tertiary/aromatic N) is 1. The maximum atomic E-state index is 11.7. The lowest BCUT2D eigenvalue weighted by atomic mass is 10.1. The molecule has 0 aromatic heterocycles. The molecular formula is C16H19NO6. The van der Waals surface area contributed by atoms with Crippen LogP contribution in [0.2, 0.25) is 0 Å². The maximum absolute atomic E-state index is 11.7. The minimum Gasteiger partial charge on any atom is -0.490 e. The Morgan fingerprint density at radius 1 is 1.30 bits per heavy atom. The summed E-state index contributed by atoms with van der Waals surface area (Å²) in [6.45, 7) is 6.13. The number of ether oxygens (including phenoxy) is 3. The highest BCUT2D eigenvalue weighted by atomic mass is 16.6. The summed E-state index contributed by atoms with van der Waals surface area (Å²) >= 11 is 0. The average molecular weight is 321 g/mol. The number of hydrogen-bond acceptors (Lipinski definition) is 6. The van der Waals surface area contributed by atoms with Gasteiger partial charge in [-0.25, -0.2) is 4.79 Å². The molecule has 0 spiro atoms. The fourth-order valence-corrected chi connectivity index (χ4v) is 2.37. The highest BCUT2D eigenvalue weighted by Gasteiger charge is 2.27. The van der Waals surface area contributed by atoms with E-state index in [4.69, 9.17) is 14.2 Å². The molecule has 1 heterocycles. The molecule has 0 radical (unpaired) electrons. The van der Waals surface area contributed by atoms with Crippen LogP contribution in [0.25, 0.3) is 6.08 Å². The first-order chi connectivity index (χ1) is 11.0. The molecule has 7 nitrogen and oxygen atoms in total. The quantitative estimate of drug-likeness (QED) is 0.346. The second-order valence-electron chi connectivity index (χ2n) is 5.07. The van der Waals surface area contributed by atoms with Crippen molar-refractivity contribution in [3.8, 4) is 11.5 Å². The van der Waals surface area contributed by atoms with Gasteiger partial charge in [-0.3, -0.25) is 10.1 Å². The fraction of sp³-hybridized carbons (Fsp3) is 0.438. The normalized spacial score (nSPS) is 18.8. The van der Waals surface area contributed by atoms with Crippen molar-refractivity contribution >= 4 is 17.7 Å². The lowest BCUT2D eigenvalue weighted by molar-refractivity contribution is -0.385. The molecule has 1 unspecified atom stereocenters. The van der Waals surface area contributed by atoms with E-state index in [1.54, 1.807) is 13.8 Å². The number of carbonyl (C=O) groups excluding carboxylic acids is 1. The van der Waals surface area contributed by atoms with Crippen molar-refractivity contribution in [2.75, 3.05) is 13.2 Å². The van der Waals surface area contributed by atoms with E-state index in [0.29, 0.717) is 42.3 Å². The van der Waals surface area contributed by atoms with E-state index in [-0.39, 0.29) is 11.8 Å². The van der Waals surface area contributed by atoms with Gasteiger partial charge in [0.2, 0.25) is 0 Å². The van der Waals surface area contributed by atoms with E-state index in [0.717, 1.165) is 0 Å². The first-order valence-corrected chi connectivity index (χ1v) is 7.45. The van der Waals surface area contributed by atoms with Gasteiger partial charge < -0.3 is 14.2 Å². The molecule has 0 amide bonds. The number of benzene rings is 1. The number of nitro groups is 1. The third kappa shape index (κ3) is 3.80. The summed E-state index contributed by atoms with van der Waals surface area (Å²) in [6, 6.07) is 2.85. The third-order valence-corrected chi connectivity index (χ3v) is 3.30. The number of hydrogen-bond donors (Lipinski definition) is 0. The standard InChI is InChI=1S/C16H19NO6/c1-4-21-14-8-11(7-12-6-10(3)23-16(12)18)13(17(19)20)9-15(14)22-5-2/h7-10H,4-6H2,1-3H3/b12-7-. The lowest BCUT2D eigenvalue weighted by Gasteiger charge is -2.12. The molecule has 1 aliphatic heterocycles. The Bertz CT molecular complexity index is 652. The van der Waals surface area contributed by atoms with Crippen LogP contribution in [0.1, 0.15) is 32.8 Å². The molecule has 1 saturated heterocycles. The molecule has 0 N–H and O–H groups in total. The SMILES string of the molecule is CCOc1cc(/C=C2/CC(C)OC2=O)c([N+](=O)[O-])cc1OCC. The van der Waals surface area contributed by atoms with Gasteiger partial charge in [0.15, 0.2) is 11.5 Å². The van der Waals surface area contributed by atoms with E-state index in [2.05, 4.69) is 0 Å². The van der Waals surface area contributed by atoms with Crippen LogP contribution in [0, 0.1) is 10.1 Å². The fourth-order valence-electron chi connectivity index (χ4n) is 2.37. The summed E-state index contributed by atoms with van der Waals surface area (Å²) in [5, 5.41) is 11.3. The number of esters is 1. The van der Waals surface area contributed by atoms with Crippen molar-refractivity contribution in [1.82, 2.24) is 0 Å². The van der Waals surface area contributed by atoms with Gasteiger partial charge in [0.05, 0.1) is 29.8 Å². The Morgan fingerprint density at radius 3 is 2.39 bits per heavy atom.